The van der Waals surface area contributed by atoms with Crippen LogP contribution in [0.2, 0.25) is 0 Å². The van der Waals surface area contributed by atoms with Crippen LogP contribution >= 0.6 is 0 Å². The molecule has 2 aliphatic rings. The molecular formula is C20H28N2O2. The van der Waals surface area contributed by atoms with Gasteiger partial charge in [-0.05, 0) is 24.8 Å². The Morgan fingerprint density at radius 1 is 1.04 bits per heavy atom. The van der Waals surface area contributed by atoms with Gasteiger partial charge in [0, 0.05) is 19.6 Å². The minimum absolute atomic E-state index is 0.0911. The van der Waals surface area contributed by atoms with Crippen LogP contribution in [0, 0.1) is 11.8 Å². The molecule has 2 unspecified atom stereocenters. The quantitative estimate of drug-likeness (QED) is 0.844. The molecule has 24 heavy (non-hydrogen) atoms. The second kappa shape index (κ2) is 7.82. The van der Waals surface area contributed by atoms with Crippen LogP contribution in [-0.2, 0) is 16.1 Å². The van der Waals surface area contributed by atoms with E-state index in [9.17, 15) is 9.59 Å². The summed E-state index contributed by atoms with van der Waals surface area (Å²) < 4.78 is 0. The number of carbonyl (C=O) groups excluding carboxylic acids is 2. The topological polar surface area (TPSA) is 49.4 Å². The molecule has 0 heterocycles. The fourth-order valence-corrected chi connectivity index (χ4v) is 3.71. The van der Waals surface area contributed by atoms with Crippen molar-refractivity contribution in [3.63, 3.8) is 0 Å². The maximum absolute atomic E-state index is 12.5. The van der Waals surface area contributed by atoms with Crippen molar-refractivity contribution in [2.75, 3.05) is 7.05 Å². The number of hydrogen-bond acceptors (Lipinski definition) is 2. The molecule has 4 nitrogen and oxygen atoms in total. The first-order chi connectivity index (χ1) is 11.6. The maximum Gasteiger partial charge on any atom is 0.226 e. The second-order valence-electron chi connectivity index (χ2n) is 7.33. The van der Waals surface area contributed by atoms with E-state index in [-0.39, 0.29) is 23.7 Å². The number of rotatable bonds is 5. The first-order valence-electron chi connectivity index (χ1n) is 9.24. The monoisotopic (exact) mass is 328 g/mol. The highest BCUT2D eigenvalue weighted by molar-refractivity contribution is 5.92. The van der Waals surface area contributed by atoms with Crippen LogP contribution in [0.3, 0.4) is 0 Å². The van der Waals surface area contributed by atoms with E-state index in [1.807, 2.05) is 37.4 Å². The molecule has 2 fully saturated rings. The third-order valence-electron chi connectivity index (χ3n) is 5.28. The van der Waals surface area contributed by atoms with Gasteiger partial charge in [0.15, 0.2) is 0 Å². The standard InChI is InChI=1S/C20H28N2O2/c1-22(14-15-9-5-4-6-10-15)20(24)18-13-17(18)19(23)21-16-11-7-2-3-8-12-16/h4-6,9-10,16-18H,2-3,7-8,11-14H2,1H3,(H,21,23). The van der Waals surface area contributed by atoms with E-state index >= 15 is 0 Å². The van der Waals surface area contributed by atoms with Crippen molar-refractivity contribution in [1.29, 1.82) is 0 Å². The summed E-state index contributed by atoms with van der Waals surface area (Å²) in [5, 5.41) is 3.18. The number of amides is 2. The van der Waals surface area contributed by atoms with Gasteiger partial charge in [0.05, 0.1) is 11.8 Å². The average molecular weight is 328 g/mol. The van der Waals surface area contributed by atoms with Gasteiger partial charge in [-0.1, -0.05) is 56.0 Å². The van der Waals surface area contributed by atoms with E-state index < -0.39 is 0 Å². The molecule has 130 valence electrons. The van der Waals surface area contributed by atoms with Gasteiger partial charge in [-0.2, -0.15) is 0 Å². The largest absolute Gasteiger partial charge is 0.353 e. The molecule has 2 atom stereocenters. The Morgan fingerprint density at radius 2 is 1.71 bits per heavy atom. The van der Waals surface area contributed by atoms with Gasteiger partial charge < -0.3 is 10.2 Å². The highest BCUT2D eigenvalue weighted by Crippen LogP contribution is 2.40. The molecule has 0 aliphatic heterocycles. The number of nitrogens with zero attached hydrogens (tertiary/aromatic N) is 1. The minimum Gasteiger partial charge on any atom is -0.353 e. The Labute approximate surface area is 144 Å². The molecular weight excluding hydrogens is 300 g/mol. The molecule has 0 aromatic heterocycles. The fraction of sp³-hybridized carbons (Fsp3) is 0.600. The van der Waals surface area contributed by atoms with Gasteiger partial charge in [0.2, 0.25) is 11.8 Å². The summed E-state index contributed by atoms with van der Waals surface area (Å²) in [6.45, 7) is 0.604. The summed E-state index contributed by atoms with van der Waals surface area (Å²) in [4.78, 5) is 26.7. The number of carbonyl (C=O) groups is 2. The summed E-state index contributed by atoms with van der Waals surface area (Å²) in [7, 11) is 1.83. The third-order valence-corrected chi connectivity index (χ3v) is 5.28. The zero-order chi connectivity index (χ0) is 16.9. The predicted octanol–water partition coefficient (Wildman–Crippen LogP) is 3.12. The second-order valence-corrected chi connectivity index (χ2v) is 7.33. The predicted molar refractivity (Wildman–Crippen MR) is 94.1 cm³/mol. The lowest BCUT2D eigenvalue weighted by atomic mass is 10.1. The van der Waals surface area contributed by atoms with E-state index in [2.05, 4.69) is 5.32 Å². The summed E-state index contributed by atoms with van der Waals surface area (Å²) in [5.74, 6) is -0.0447. The van der Waals surface area contributed by atoms with E-state index in [1.54, 1.807) is 4.90 Å². The molecule has 0 bridgehead atoms. The van der Waals surface area contributed by atoms with Gasteiger partial charge in [0.1, 0.15) is 0 Å². The van der Waals surface area contributed by atoms with Gasteiger partial charge in [-0.15, -0.1) is 0 Å². The van der Waals surface area contributed by atoms with E-state index in [0.29, 0.717) is 19.0 Å². The molecule has 1 N–H and O–H groups in total. The molecule has 2 aliphatic carbocycles. The number of hydrogen-bond donors (Lipinski definition) is 1. The zero-order valence-corrected chi connectivity index (χ0v) is 14.5. The van der Waals surface area contributed by atoms with E-state index in [4.69, 9.17) is 0 Å². The van der Waals surface area contributed by atoms with Crippen LogP contribution in [0.25, 0.3) is 0 Å². The minimum atomic E-state index is -0.121. The van der Waals surface area contributed by atoms with Crippen LogP contribution in [0.15, 0.2) is 30.3 Å². The van der Waals surface area contributed by atoms with Crippen LogP contribution in [0.4, 0.5) is 0 Å². The summed E-state index contributed by atoms with van der Waals surface area (Å²) >= 11 is 0. The van der Waals surface area contributed by atoms with Gasteiger partial charge >= 0.3 is 0 Å². The van der Waals surface area contributed by atoms with E-state index in [0.717, 1.165) is 18.4 Å². The zero-order valence-electron chi connectivity index (χ0n) is 14.5. The maximum atomic E-state index is 12.5. The Balaban J connectivity index is 1.46. The lowest BCUT2D eigenvalue weighted by molar-refractivity contribution is -0.134. The van der Waals surface area contributed by atoms with Crippen molar-refractivity contribution in [3.8, 4) is 0 Å². The average Bonchev–Trinajstić information content (AvgIpc) is 3.40. The van der Waals surface area contributed by atoms with Gasteiger partial charge in [-0.3, -0.25) is 9.59 Å². The van der Waals surface area contributed by atoms with Gasteiger partial charge in [0.25, 0.3) is 0 Å². The summed E-state index contributed by atoms with van der Waals surface area (Å²) in [5.41, 5.74) is 1.12. The normalized spacial score (nSPS) is 24.0. The molecule has 3 rings (SSSR count). The lowest BCUT2D eigenvalue weighted by Gasteiger charge is -2.18. The Bertz CT molecular complexity index is 564. The smallest absolute Gasteiger partial charge is 0.226 e. The molecule has 0 radical (unpaired) electrons. The molecule has 1 aromatic rings. The van der Waals surface area contributed by atoms with Crippen LogP contribution in [0.5, 0.6) is 0 Å². The van der Waals surface area contributed by atoms with Crippen molar-refractivity contribution in [2.45, 2.75) is 57.5 Å². The summed E-state index contributed by atoms with van der Waals surface area (Å²) in [6.07, 6.45) is 7.85. The molecule has 2 amide bonds. The molecule has 0 saturated heterocycles. The highest BCUT2D eigenvalue weighted by Gasteiger charge is 2.49. The first-order valence-corrected chi connectivity index (χ1v) is 9.24. The van der Waals surface area contributed by atoms with Crippen LogP contribution in [0.1, 0.15) is 50.5 Å². The Hall–Kier alpha value is -1.84. The van der Waals surface area contributed by atoms with Crippen molar-refractivity contribution in [2.24, 2.45) is 11.8 Å². The Morgan fingerprint density at radius 3 is 2.38 bits per heavy atom. The Kier molecular flexibility index (Phi) is 5.54. The highest BCUT2D eigenvalue weighted by atomic mass is 16.2. The first kappa shape index (κ1) is 17.0. The van der Waals surface area contributed by atoms with Crippen LogP contribution in [-0.4, -0.2) is 29.8 Å². The SMILES string of the molecule is CN(Cc1ccccc1)C(=O)C1CC1C(=O)NC1CCCCCC1. The molecule has 1 aromatic carbocycles. The molecule has 2 saturated carbocycles. The number of nitrogens with one attached hydrogen (secondary N) is 1. The molecule has 4 heteroatoms. The van der Waals surface area contributed by atoms with Crippen molar-refractivity contribution in [3.05, 3.63) is 35.9 Å². The summed E-state index contributed by atoms with van der Waals surface area (Å²) in [6, 6.07) is 10.3. The van der Waals surface area contributed by atoms with Gasteiger partial charge in [-0.25, -0.2) is 0 Å². The third kappa shape index (κ3) is 4.37. The van der Waals surface area contributed by atoms with Crippen molar-refractivity contribution in [1.82, 2.24) is 10.2 Å². The number of benzene rings is 1. The lowest BCUT2D eigenvalue weighted by Crippen LogP contribution is -2.37. The van der Waals surface area contributed by atoms with E-state index in [1.165, 1.54) is 25.7 Å². The molecule has 0 spiro atoms. The van der Waals surface area contributed by atoms with Crippen molar-refractivity contribution < 1.29 is 9.59 Å². The fourth-order valence-electron chi connectivity index (χ4n) is 3.71. The van der Waals surface area contributed by atoms with Crippen LogP contribution < -0.4 is 5.32 Å². The van der Waals surface area contributed by atoms with Crippen molar-refractivity contribution >= 4 is 11.8 Å².